The number of carbonyl (C=O) groups excluding carboxylic acids is 1. The van der Waals surface area contributed by atoms with Crippen molar-refractivity contribution in [3.63, 3.8) is 0 Å². The van der Waals surface area contributed by atoms with Gasteiger partial charge in [0.25, 0.3) is 0 Å². The molecule has 5 nitrogen and oxygen atoms in total. The van der Waals surface area contributed by atoms with Crippen molar-refractivity contribution in [3.8, 4) is 11.8 Å². The van der Waals surface area contributed by atoms with Crippen molar-refractivity contribution in [2.75, 3.05) is 7.11 Å². The Balaban J connectivity index is 1.91. The number of amides is 1. The molecule has 22 heavy (non-hydrogen) atoms. The smallest absolute Gasteiger partial charge is 0.408 e. The van der Waals surface area contributed by atoms with E-state index in [0.717, 1.165) is 5.56 Å². The highest BCUT2D eigenvalue weighted by atomic mass is 16.5. The van der Waals surface area contributed by atoms with Crippen molar-refractivity contribution in [3.05, 3.63) is 65.7 Å². The Bertz CT molecular complexity index is 648. The summed E-state index contributed by atoms with van der Waals surface area (Å²) < 4.78 is 10.2. The molecule has 2 aromatic carbocycles. The number of nitrogens with one attached hydrogen (secondary N) is 1. The van der Waals surface area contributed by atoms with Crippen LogP contribution < -0.4 is 10.1 Å². The van der Waals surface area contributed by atoms with E-state index in [-0.39, 0.29) is 6.61 Å². The highest BCUT2D eigenvalue weighted by Gasteiger charge is 2.14. The predicted octanol–water partition coefficient (Wildman–Crippen LogP) is 3.19. The minimum atomic E-state index is -0.769. The average Bonchev–Trinajstić information content (AvgIpc) is 2.59. The minimum absolute atomic E-state index is 0.160. The molecule has 0 fully saturated rings. The lowest BCUT2D eigenvalue weighted by molar-refractivity contribution is 0.137. The standard InChI is InChI=1S/C17H16N2O3/c1-21-15-9-7-14(8-10-15)16(11-18)19-17(20)22-12-13-5-3-2-4-6-13/h2-10,16H,12H2,1H3,(H,19,20)/t16-/m0/s1. The van der Waals surface area contributed by atoms with Crippen LogP contribution in [-0.2, 0) is 11.3 Å². The zero-order valence-corrected chi connectivity index (χ0v) is 12.2. The summed E-state index contributed by atoms with van der Waals surface area (Å²) >= 11 is 0. The van der Waals surface area contributed by atoms with Gasteiger partial charge in [-0.3, -0.25) is 0 Å². The van der Waals surface area contributed by atoms with Crippen LogP contribution in [0.1, 0.15) is 17.2 Å². The van der Waals surface area contributed by atoms with E-state index < -0.39 is 12.1 Å². The molecule has 1 N–H and O–H groups in total. The number of rotatable bonds is 5. The Kier molecular flexibility index (Phi) is 5.38. The molecule has 1 amide bonds. The van der Waals surface area contributed by atoms with Gasteiger partial charge in [-0.1, -0.05) is 42.5 Å². The fraction of sp³-hybridized carbons (Fsp3) is 0.176. The summed E-state index contributed by atoms with van der Waals surface area (Å²) in [6.07, 6.45) is -0.633. The summed E-state index contributed by atoms with van der Waals surface area (Å²) in [6.45, 7) is 0.160. The van der Waals surface area contributed by atoms with Crippen LogP contribution in [-0.4, -0.2) is 13.2 Å². The number of hydrogen-bond acceptors (Lipinski definition) is 4. The molecule has 0 saturated heterocycles. The Labute approximate surface area is 129 Å². The quantitative estimate of drug-likeness (QED) is 0.919. The van der Waals surface area contributed by atoms with Crippen LogP contribution in [0.4, 0.5) is 4.79 Å². The number of nitrogens with zero attached hydrogens (tertiary/aromatic N) is 1. The summed E-state index contributed by atoms with van der Waals surface area (Å²) in [7, 11) is 1.57. The van der Waals surface area contributed by atoms with E-state index in [9.17, 15) is 10.1 Å². The third-order valence-corrected chi connectivity index (χ3v) is 3.05. The molecule has 5 heteroatoms. The summed E-state index contributed by atoms with van der Waals surface area (Å²) in [5.41, 5.74) is 1.55. The maximum absolute atomic E-state index is 11.8. The molecule has 0 bridgehead atoms. The first-order chi connectivity index (χ1) is 10.7. The van der Waals surface area contributed by atoms with Gasteiger partial charge in [0.2, 0.25) is 0 Å². The second-order valence-corrected chi connectivity index (χ2v) is 4.54. The first-order valence-electron chi connectivity index (χ1n) is 6.73. The van der Waals surface area contributed by atoms with Crippen molar-refractivity contribution in [1.29, 1.82) is 5.26 Å². The summed E-state index contributed by atoms with van der Waals surface area (Å²) in [5.74, 6) is 0.687. The van der Waals surface area contributed by atoms with Gasteiger partial charge in [-0.25, -0.2) is 4.79 Å². The zero-order valence-electron chi connectivity index (χ0n) is 12.2. The molecular formula is C17H16N2O3. The number of carbonyl (C=O) groups is 1. The zero-order chi connectivity index (χ0) is 15.8. The average molecular weight is 296 g/mol. The van der Waals surface area contributed by atoms with E-state index in [1.165, 1.54) is 0 Å². The lowest BCUT2D eigenvalue weighted by Gasteiger charge is -2.12. The van der Waals surface area contributed by atoms with Crippen molar-refractivity contribution < 1.29 is 14.3 Å². The van der Waals surface area contributed by atoms with Gasteiger partial charge in [-0.05, 0) is 23.3 Å². The monoisotopic (exact) mass is 296 g/mol. The molecule has 2 rings (SSSR count). The molecular weight excluding hydrogens is 280 g/mol. The van der Waals surface area contributed by atoms with E-state index in [1.54, 1.807) is 31.4 Å². The molecule has 0 spiro atoms. The van der Waals surface area contributed by atoms with Gasteiger partial charge >= 0.3 is 6.09 Å². The maximum Gasteiger partial charge on any atom is 0.408 e. The van der Waals surface area contributed by atoms with Gasteiger partial charge < -0.3 is 14.8 Å². The fourth-order valence-corrected chi connectivity index (χ4v) is 1.87. The lowest BCUT2D eigenvalue weighted by atomic mass is 10.1. The van der Waals surface area contributed by atoms with Gasteiger partial charge in [-0.2, -0.15) is 5.26 Å². The number of benzene rings is 2. The lowest BCUT2D eigenvalue weighted by Crippen LogP contribution is -2.28. The summed E-state index contributed by atoms with van der Waals surface area (Å²) in [4.78, 5) is 11.8. The van der Waals surface area contributed by atoms with Gasteiger partial charge in [-0.15, -0.1) is 0 Å². The molecule has 0 unspecified atom stereocenters. The van der Waals surface area contributed by atoms with E-state index in [4.69, 9.17) is 9.47 Å². The molecule has 2 aromatic rings. The van der Waals surface area contributed by atoms with E-state index in [0.29, 0.717) is 11.3 Å². The Hall–Kier alpha value is -3.00. The largest absolute Gasteiger partial charge is 0.497 e. The first-order valence-corrected chi connectivity index (χ1v) is 6.73. The van der Waals surface area contributed by atoms with E-state index in [2.05, 4.69) is 5.32 Å². The van der Waals surface area contributed by atoms with E-state index >= 15 is 0 Å². The Morgan fingerprint density at radius 2 is 1.86 bits per heavy atom. The molecule has 0 saturated carbocycles. The van der Waals surface area contributed by atoms with Crippen molar-refractivity contribution in [2.45, 2.75) is 12.6 Å². The van der Waals surface area contributed by atoms with E-state index in [1.807, 2.05) is 36.4 Å². The van der Waals surface area contributed by atoms with Crippen molar-refractivity contribution in [1.82, 2.24) is 5.32 Å². The molecule has 0 aliphatic heterocycles. The van der Waals surface area contributed by atoms with Crippen molar-refractivity contribution in [2.24, 2.45) is 0 Å². The molecule has 1 atom stereocenters. The number of ether oxygens (including phenoxy) is 2. The predicted molar refractivity (Wildman–Crippen MR) is 81.1 cm³/mol. The van der Waals surface area contributed by atoms with Crippen molar-refractivity contribution >= 4 is 6.09 Å². The summed E-state index contributed by atoms with van der Waals surface area (Å²) in [5, 5.41) is 11.7. The van der Waals surface area contributed by atoms with Crippen LogP contribution in [0.5, 0.6) is 5.75 Å². The molecule has 0 aliphatic carbocycles. The minimum Gasteiger partial charge on any atom is -0.497 e. The van der Waals surface area contributed by atoms with Crippen LogP contribution in [0.2, 0.25) is 0 Å². The van der Waals surface area contributed by atoms with Gasteiger partial charge in [0.05, 0.1) is 13.2 Å². The SMILES string of the molecule is COc1ccc([C@H](C#N)NC(=O)OCc2ccccc2)cc1. The number of methoxy groups -OCH3 is 1. The topological polar surface area (TPSA) is 71.3 Å². The highest BCUT2D eigenvalue weighted by Crippen LogP contribution is 2.17. The van der Waals surface area contributed by atoms with Crippen LogP contribution >= 0.6 is 0 Å². The maximum atomic E-state index is 11.8. The first kappa shape index (κ1) is 15.4. The van der Waals surface area contributed by atoms with Gasteiger partial charge in [0.15, 0.2) is 0 Å². The van der Waals surface area contributed by atoms with Crippen LogP contribution in [0.3, 0.4) is 0 Å². The molecule has 0 radical (unpaired) electrons. The highest BCUT2D eigenvalue weighted by molar-refractivity contribution is 5.68. The van der Waals surface area contributed by atoms with Crippen LogP contribution in [0, 0.1) is 11.3 Å². The number of nitriles is 1. The van der Waals surface area contributed by atoms with Gasteiger partial charge in [0, 0.05) is 0 Å². The van der Waals surface area contributed by atoms with Crippen LogP contribution in [0.25, 0.3) is 0 Å². The second-order valence-electron chi connectivity index (χ2n) is 4.54. The molecule has 0 aromatic heterocycles. The normalized spacial score (nSPS) is 11.1. The van der Waals surface area contributed by atoms with Gasteiger partial charge in [0.1, 0.15) is 18.4 Å². The summed E-state index contributed by atoms with van der Waals surface area (Å²) in [6, 6.07) is 17.5. The second kappa shape index (κ2) is 7.70. The molecule has 0 heterocycles. The number of alkyl carbamates (subject to hydrolysis) is 1. The number of hydrogen-bond donors (Lipinski definition) is 1. The Morgan fingerprint density at radius 3 is 2.45 bits per heavy atom. The Morgan fingerprint density at radius 1 is 1.18 bits per heavy atom. The third kappa shape index (κ3) is 4.25. The van der Waals surface area contributed by atoms with Crippen LogP contribution in [0.15, 0.2) is 54.6 Å². The molecule has 112 valence electrons. The fourth-order valence-electron chi connectivity index (χ4n) is 1.87. The molecule has 0 aliphatic rings. The third-order valence-electron chi connectivity index (χ3n) is 3.05.